The van der Waals surface area contributed by atoms with Crippen molar-refractivity contribution < 1.29 is 13.2 Å². The maximum Gasteiger partial charge on any atom is 0.252 e. The number of sulfonamides is 1. The summed E-state index contributed by atoms with van der Waals surface area (Å²) < 4.78 is 32.9. The first-order chi connectivity index (χ1) is 11.0. The summed E-state index contributed by atoms with van der Waals surface area (Å²) in [7, 11) is 0.260. The standard InChI is InChI=1S/C14H18N4O3S2/c1-17(2)14-13(15-5-6-16-14)11-10-18(7-8-21-11)23(19,20)12-4-3-9-22-12/h3-6,9,11H,7-8,10H2,1-2H3. The van der Waals surface area contributed by atoms with Crippen molar-refractivity contribution in [2.24, 2.45) is 0 Å². The fourth-order valence-corrected chi connectivity index (χ4v) is 5.03. The molecule has 3 rings (SSSR count). The van der Waals surface area contributed by atoms with Crippen LogP contribution < -0.4 is 4.90 Å². The van der Waals surface area contributed by atoms with Crippen molar-refractivity contribution in [3.8, 4) is 0 Å². The molecule has 0 bridgehead atoms. The quantitative estimate of drug-likeness (QED) is 0.825. The van der Waals surface area contributed by atoms with Crippen LogP contribution in [0.25, 0.3) is 0 Å². The molecule has 0 radical (unpaired) electrons. The first kappa shape index (κ1) is 16.3. The van der Waals surface area contributed by atoms with Gasteiger partial charge in [-0.2, -0.15) is 4.31 Å². The van der Waals surface area contributed by atoms with E-state index in [-0.39, 0.29) is 6.54 Å². The summed E-state index contributed by atoms with van der Waals surface area (Å²) in [5.41, 5.74) is 0.656. The molecule has 1 atom stereocenters. The highest BCUT2D eigenvalue weighted by Gasteiger charge is 2.34. The van der Waals surface area contributed by atoms with Crippen LogP contribution in [-0.4, -0.2) is 56.5 Å². The van der Waals surface area contributed by atoms with Crippen LogP contribution in [0.15, 0.2) is 34.1 Å². The van der Waals surface area contributed by atoms with Gasteiger partial charge in [0.05, 0.1) is 6.61 Å². The minimum atomic E-state index is -3.48. The summed E-state index contributed by atoms with van der Waals surface area (Å²) in [5, 5.41) is 1.76. The molecule has 2 aromatic heterocycles. The van der Waals surface area contributed by atoms with Crippen molar-refractivity contribution in [1.29, 1.82) is 0 Å². The molecule has 1 aliphatic heterocycles. The lowest BCUT2D eigenvalue weighted by Crippen LogP contribution is -2.42. The van der Waals surface area contributed by atoms with Crippen molar-refractivity contribution in [3.05, 3.63) is 35.6 Å². The van der Waals surface area contributed by atoms with Gasteiger partial charge in [-0.25, -0.2) is 13.4 Å². The normalized spacial score (nSPS) is 19.7. The Kier molecular flexibility index (Phi) is 4.62. The summed E-state index contributed by atoms with van der Waals surface area (Å²) in [6.45, 7) is 0.909. The van der Waals surface area contributed by atoms with E-state index in [1.807, 2.05) is 19.0 Å². The number of morpholine rings is 1. The monoisotopic (exact) mass is 354 g/mol. The van der Waals surface area contributed by atoms with Crippen molar-refractivity contribution >= 4 is 27.2 Å². The molecule has 124 valence electrons. The van der Waals surface area contributed by atoms with Crippen LogP contribution in [0.3, 0.4) is 0 Å². The van der Waals surface area contributed by atoms with E-state index in [2.05, 4.69) is 9.97 Å². The minimum Gasteiger partial charge on any atom is -0.369 e. The predicted molar refractivity (Wildman–Crippen MR) is 88.1 cm³/mol. The summed E-state index contributed by atoms with van der Waals surface area (Å²) >= 11 is 1.22. The highest BCUT2D eigenvalue weighted by molar-refractivity contribution is 7.91. The van der Waals surface area contributed by atoms with E-state index in [1.165, 1.54) is 15.6 Å². The number of hydrogen-bond donors (Lipinski definition) is 0. The number of anilines is 1. The lowest BCUT2D eigenvalue weighted by Gasteiger charge is -2.32. The van der Waals surface area contributed by atoms with Crippen LogP contribution in [-0.2, 0) is 14.8 Å². The largest absolute Gasteiger partial charge is 0.369 e. The van der Waals surface area contributed by atoms with Gasteiger partial charge in [0, 0.05) is 39.6 Å². The molecular formula is C14H18N4O3S2. The average molecular weight is 354 g/mol. The minimum absolute atomic E-state index is 0.236. The lowest BCUT2D eigenvalue weighted by molar-refractivity contribution is -0.00475. The van der Waals surface area contributed by atoms with Crippen LogP contribution in [0.1, 0.15) is 11.8 Å². The molecule has 0 saturated carbocycles. The fourth-order valence-electron chi connectivity index (χ4n) is 2.46. The number of rotatable bonds is 4. The van der Waals surface area contributed by atoms with E-state index in [0.29, 0.717) is 28.9 Å². The third kappa shape index (κ3) is 3.23. The van der Waals surface area contributed by atoms with Crippen LogP contribution in [0.4, 0.5) is 5.82 Å². The number of hydrogen-bond acceptors (Lipinski definition) is 7. The predicted octanol–water partition coefficient (Wildman–Crippen LogP) is 1.37. The van der Waals surface area contributed by atoms with Crippen LogP contribution in [0, 0.1) is 0 Å². The number of aromatic nitrogens is 2. The second-order valence-corrected chi connectivity index (χ2v) is 8.43. The van der Waals surface area contributed by atoms with Crippen LogP contribution in [0.5, 0.6) is 0 Å². The van der Waals surface area contributed by atoms with E-state index in [0.717, 1.165) is 0 Å². The molecule has 0 amide bonds. The molecule has 2 aromatic rings. The molecule has 0 aliphatic carbocycles. The van der Waals surface area contributed by atoms with E-state index >= 15 is 0 Å². The Bertz CT molecular complexity index is 762. The molecule has 0 aromatic carbocycles. The number of nitrogens with zero attached hydrogens (tertiary/aromatic N) is 4. The third-order valence-electron chi connectivity index (χ3n) is 3.55. The maximum absolute atomic E-state index is 12.7. The van der Waals surface area contributed by atoms with Gasteiger partial charge in [-0.1, -0.05) is 6.07 Å². The number of ether oxygens (including phenoxy) is 1. The van der Waals surface area contributed by atoms with Crippen molar-refractivity contribution in [2.45, 2.75) is 10.3 Å². The molecule has 7 nitrogen and oxygen atoms in total. The summed E-state index contributed by atoms with van der Waals surface area (Å²) in [6.07, 6.45) is 2.78. The van der Waals surface area contributed by atoms with E-state index < -0.39 is 16.1 Å². The highest BCUT2D eigenvalue weighted by atomic mass is 32.2. The Labute approximate surface area is 139 Å². The Hall–Kier alpha value is -1.55. The molecule has 0 spiro atoms. The zero-order chi connectivity index (χ0) is 16.4. The van der Waals surface area contributed by atoms with Gasteiger partial charge >= 0.3 is 0 Å². The van der Waals surface area contributed by atoms with E-state index in [4.69, 9.17) is 4.74 Å². The Morgan fingerprint density at radius 2 is 2.13 bits per heavy atom. The van der Waals surface area contributed by atoms with Gasteiger partial charge in [0.2, 0.25) is 0 Å². The molecular weight excluding hydrogens is 336 g/mol. The maximum atomic E-state index is 12.7. The molecule has 3 heterocycles. The summed E-state index contributed by atoms with van der Waals surface area (Å²) in [4.78, 5) is 10.5. The Morgan fingerprint density at radius 3 is 2.83 bits per heavy atom. The van der Waals surface area contributed by atoms with Gasteiger partial charge in [-0.3, -0.25) is 4.98 Å². The van der Waals surface area contributed by atoms with Crippen molar-refractivity contribution in [1.82, 2.24) is 14.3 Å². The molecule has 1 unspecified atom stereocenters. The second kappa shape index (κ2) is 6.52. The van der Waals surface area contributed by atoms with Gasteiger partial charge in [0.15, 0.2) is 5.82 Å². The molecule has 9 heteroatoms. The first-order valence-corrected chi connectivity index (χ1v) is 9.45. The third-order valence-corrected chi connectivity index (χ3v) is 6.79. The van der Waals surface area contributed by atoms with Gasteiger partial charge in [0.25, 0.3) is 10.0 Å². The van der Waals surface area contributed by atoms with Crippen molar-refractivity contribution in [2.75, 3.05) is 38.7 Å². The average Bonchev–Trinajstić information content (AvgIpc) is 3.10. The van der Waals surface area contributed by atoms with Gasteiger partial charge in [-0.05, 0) is 11.4 Å². The summed E-state index contributed by atoms with van der Waals surface area (Å²) in [6, 6.07) is 3.36. The molecule has 0 N–H and O–H groups in total. The molecule has 23 heavy (non-hydrogen) atoms. The van der Waals surface area contributed by atoms with Crippen LogP contribution >= 0.6 is 11.3 Å². The first-order valence-electron chi connectivity index (χ1n) is 7.13. The van der Waals surface area contributed by atoms with Gasteiger partial charge in [0.1, 0.15) is 16.0 Å². The smallest absolute Gasteiger partial charge is 0.252 e. The van der Waals surface area contributed by atoms with E-state index in [9.17, 15) is 8.42 Å². The van der Waals surface area contributed by atoms with Gasteiger partial charge < -0.3 is 9.64 Å². The van der Waals surface area contributed by atoms with E-state index in [1.54, 1.807) is 29.9 Å². The number of thiophene rings is 1. The SMILES string of the molecule is CN(C)c1nccnc1C1CN(S(=O)(=O)c2cccs2)CCO1. The lowest BCUT2D eigenvalue weighted by atomic mass is 10.2. The van der Waals surface area contributed by atoms with Crippen LogP contribution in [0.2, 0.25) is 0 Å². The Balaban J connectivity index is 1.88. The fraction of sp³-hybridized carbons (Fsp3) is 0.429. The molecule has 1 fully saturated rings. The zero-order valence-corrected chi connectivity index (χ0v) is 14.5. The topological polar surface area (TPSA) is 75.6 Å². The molecule has 1 saturated heterocycles. The van der Waals surface area contributed by atoms with Gasteiger partial charge in [-0.15, -0.1) is 11.3 Å². The Morgan fingerprint density at radius 1 is 1.35 bits per heavy atom. The second-order valence-electron chi connectivity index (χ2n) is 5.31. The van der Waals surface area contributed by atoms with Crippen molar-refractivity contribution in [3.63, 3.8) is 0 Å². The zero-order valence-electron chi connectivity index (χ0n) is 12.9. The summed E-state index contributed by atoms with van der Waals surface area (Å²) in [5.74, 6) is 0.688. The highest BCUT2D eigenvalue weighted by Crippen LogP contribution is 2.30. The molecule has 1 aliphatic rings.